The number of Topliss-reactive ketones (excluding diaryl/α,β-unsaturated/α-hetero) is 2. The van der Waals surface area contributed by atoms with Gasteiger partial charge in [0.15, 0.2) is 0 Å². The molecule has 0 unspecified atom stereocenters. The first-order chi connectivity index (χ1) is 5.55. The molecule has 0 aliphatic carbocycles. The highest BCUT2D eigenvalue weighted by atomic mass is 16.1. The van der Waals surface area contributed by atoms with E-state index >= 15 is 0 Å². The minimum Gasteiger partial charge on any atom is -0.331 e. The monoisotopic (exact) mass is 183 g/mol. The number of hydrogen-bond donors (Lipinski definition) is 0. The van der Waals surface area contributed by atoms with Crippen LogP contribution in [0.2, 0.25) is 0 Å². The molecule has 0 fully saturated rings. The molecular formula is C11H19O2-. The average Bonchev–Trinajstić information content (AvgIpc) is 1.82. The van der Waals surface area contributed by atoms with E-state index in [4.69, 9.17) is 0 Å². The van der Waals surface area contributed by atoms with Gasteiger partial charge in [-0.2, -0.15) is 0 Å². The number of carbonyl (C=O) groups is 2. The van der Waals surface area contributed by atoms with Crippen molar-refractivity contribution in [3.05, 3.63) is 6.92 Å². The molecule has 76 valence electrons. The molecule has 0 aromatic carbocycles. The van der Waals surface area contributed by atoms with Crippen molar-refractivity contribution in [3.63, 3.8) is 0 Å². The molecule has 0 aliphatic rings. The standard InChI is InChI=1S/C11H19O2/c1-10(2,3)8(12)7-9(13)11(4,5)6/h1,7H2,2-6H3/q-1. The molecule has 2 heteroatoms. The van der Waals surface area contributed by atoms with Crippen molar-refractivity contribution in [3.8, 4) is 0 Å². The molecule has 2 nitrogen and oxygen atoms in total. The molecule has 0 aromatic rings. The number of carbonyl (C=O) groups excluding carboxylic acids is 2. The van der Waals surface area contributed by atoms with Crippen LogP contribution in [0, 0.1) is 17.8 Å². The molecular weight excluding hydrogens is 164 g/mol. The lowest BCUT2D eigenvalue weighted by Gasteiger charge is -2.26. The zero-order valence-electron chi connectivity index (χ0n) is 9.23. The smallest absolute Gasteiger partial charge is 0.145 e. The second-order valence-electron chi connectivity index (χ2n) is 5.16. The maximum atomic E-state index is 11.5. The van der Waals surface area contributed by atoms with Crippen LogP contribution in [0.25, 0.3) is 0 Å². The highest BCUT2D eigenvalue weighted by Crippen LogP contribution is 2.22. The molecule has 0 atom stereocenters. The van der Waals surface area contributed by atoms with Crippen molar-refractivity contribution in [2.24, 2.45) is 10.8 Å². The third-order valence-electron chi connectivity index (χ3n) is 1.91. The summed E-state index contributed by atoms with van der Waals surface area (Å²) >= 11 is 0. The van der Waals surface area contributed by atoms with Crippen LogP contribution < -0.4 is 0 Å². The average molecular weight is 183 g/mol. The van der Waals surface area contributed by atoms with E-state index in [1.165, 1.54) is 0 Å². The fourth-order valence-electron chi connectivity index (χ4n) is 0.650. The lowest BCUT2D eigenvalue weighted by Crippen LogP contribution is -2.29. The van der Waals surface area contributed by atoms with Gasteiger partial charge in [-0.1, -0.05) is 34.6 Å². The summed E-state index contributed by atoms with van der Waals surface area (Å²) in [4.78, 5) is 22.9. The Kier molecular flexibility index (Phi) is 3.42. The Balaban J connectivity index is 4.34. The molecule has 0 spiro atoms. The quantitative estimate of drug-likeness (QED) is 0.497. The number of rotatable bonds is 3. The van der Waals surface area contributed by atoms with Crippen molar-refractivity contribution in [2.45, 2.75) is 41.0 Å². The summed E-state index contributed by atoms with van der Waals surface area (Å²) in [6, 6.07) is 0. The van der Waals surface area contributed by atoms with E-state index in [-0.39, 0.29) is 18.0 Å². The van der Waals surface area contributed by atoms with Crippen LogP contribution in [-0.2, 0) is 9.59 Å². The minimum atomic E-state index is -0.652. The Morgan fingerprint density at radius 2 is 1.38 bits per heavy atom. The zero-order chi connectivity index (χ0) is 10.9. The van der Waals surface area contributed by atoms with Gasteiger partial charge in [-0.3, -0.25) is 4.79 Å². The van der Waals surface area contributed by atoms with Crippen LogP contribution in [0.5, 0.6) is 0 Å². The van der Waals surface area contributed by atoms with Crippen LogP contribution in [0.3, 0.4) is 0 Å². The molecule has 0 amide bonds. The first kappa shape index (κ1) is 12.3. The van der Waals surface area contributed by atoms with Crippen LogP contribution in [0.4, 0.5) is 0 Å². The minimum absolute atomic E-state index is 0.000000000000000222. The van der Waals surface area contributed by atoms with Gasteiger partial charge < -0.3 is 11.7 Å². The molecule has 0 rings (SSSR count). The molecule has 0 N–H and O–H groups in total. The topological polar surface area (TPSA) is 34.1 Å². The molecule has 0 aromatic heterocycles. The van der Waals surface area contributed by atoms with Crippen molar-refractivity contribution in [1.29, 1.82) is 0 Å². The highest BCUT2D eigenvalue weighted by Gasteiger charge is 2.26. The van der Waals surface area contributed by atoms with Crippen LogP contribution in [-0.4, -0.2) is 11.6 Å². The largest absolute Gasteiger partial charge is 0.331 e. The summed E-state index contributed by atoms with van der Waals surface area (Å²) in [6.07, 6.45) is -0.000000000000000222. The Bertz CT molecular complexity index is 189. The summed E-state index contributed by atoms with van der Waals surface area (Å²) < 4.78 is 0. The van der Waals surface area contributed by atoms with Gasteiger partial charge in [-0.05, 0) is 0 Å². The molecule has 0 bridgehead atoms. The van der Waals surface area contributed by atoms with E-state index in [9.17, 15) is 9.59 Å². The Hall–Kier alpha value is -0.660. The summed E-state index contributed by atoms with van der Waals surface area (Å²) in [5.41, 5.74) is -1.08. The third kappa shape index (κ3) is 4.20. The lowest BCUT2D eigenvalue weighted by molar-refractivity contribution is -0.134. The maximum Gasteiger partial charge on any atom is 0.145 e. The van der Waals surface area contributed by atoms with E-state index in [1.54, 1.807) is 13.8 Å². The van der Waals surface area contributed by atoms with Crippen LogP contribution >= 0.6 is 0 Å². The van der Waals surface area contributed by atoms with Gasteiger partial charge in [0.05, 0.1) is 6.42 Å². The van der Waals surface area contributed by atoms with Crippen molar-refractivity contribution >= 4 is 11.6 Å². The molecule has 0 saturated carbocycles. The fraction of sp³-hybridized carbons (Fsp3) is 0.727. The highest BCUT2D eigenvalue weighted by molar-refractivity contribution is 6.03. The van der Waals surface area contributed by atoms with Crippen molar-refractivity contribution < 1.29 is 9.59 Å². The van der Waals surface area contributed by atoms with Crippen LogP contribution in [0.1, 0.15) is 41.0 Å². The SMILES string of the molecule is [CH2-]C(C)(C)C(=O)CC(=O)C(C)(C)C. The van der Waals surface area contributed by atoms with Gasteiger partial charge in [-0.25, -0.2) is 0 Å². The molecule has 13 heavy (non-hydrogen) atoms. The fourth-order valence-corrected chi connectivity index (χ4v) is 0.650. The number of ketones is 2. The Morgan fingerprint density at radius 3 is 1.62 bits per heavy atom. The first-order valence-corrected chi connectivity index (χ1v) is 4.47. The molecule has 0 aliphatic heterocycles. The van der Waals surface area contributed by atoms with Gasteiger partial charge in [0.1, 0.15) is 11.6 Å². The summed E-state index contributed by atoms with van der Waals surface area (Å²) in [7, 11) is 0. The summed E-state index contributed by atoms with van der Waals surface area (Å²) in [5.74, 6) is -0.110. The van der Waals surface area contributed by atoms with E-state index in [0.717, 1.165) is 0 Å². The number of hydrogen-bond acceptors (Lipinski definition) is 2. The lowest BCUT2D eigenvalue weighted by atomic mass is 9.82. The van der Waals surface area contributed by atoms with E-state index in [0.29, 0.717) is 0 Å². The molecule has 0 heterocycles. The maximum absolute atomic E-state index is 11.5. The van der Waals surface area contributed by atoms with Gasteiger partial charge >= 0.3 is 0 Å². The Morgan fingerprint density at radius 1 is 1.00 bits per heavy atom. The van der Waals surface area contributed by atoms with Gasteiger partial charge in [0.25, 0.3) is 0 Å². The summed E-state index contributed by atoms with van der Waals surface area (Å²) in [6.45, 7) is 12.6. The third-order valence-corrected chi connectivity index (χ3v) is 1.91. The normalized spacial score (nSPS) is 12.8. The zero-order valence-corrected chi connectivity index (χ0v) is 9.23. The molecule has 0 radical (unpaired) electrons. The van der Waals surface area contributed by atoms with Gasteiger partial charge in [0, 0.05) is 5.41 Å². The first-order valence-electron chi connectivity index (χ1n) is 4.47. The van der Waals surface area contributed by atoms with Crippen molar-refractivity contribution in [2.75, 3.05) is 0 Å². The summed E-state index contributed by atoms with van der Waals surface area (Å²) in [5, 5.41) is 0. The predicted molar refractivity (Wildman–Crippen MR) is 53.2 cm³/mol. The second kappa shape index (κ2) is 3.60. The van der Waals surface area contributed by atoms with Gasteiger partial charge in [-0.15, -0.1) is 5.41 Å². The van der Waals surface area contributed by atoms with E-state index in [2.05, 4.69) is 6.92 Å². The molecule has 0 saturated heterocycles. The van der Waals surface area contributed by atoms with Crippen LogP contribution in [0.15, 0.2) is 0 Å². The van der Waals surface area contributed by atoms with E-state index in [1.807, 2.05) is 20.8 Å². The predicted octanol–water partition coefficient (Wildman–Crippen LogP) is 2.42. The van der Waals surface area contributed by atoms with Crippen molar-refractivity contribution in [1.82, 2.24) is 0 Å². The van der Waals surface area contributed by atoms with E-state index < -0.39 is 10.8 Å². The Labute approximate surface area is 80.7 Å². The van der Waals surface area contributed by atoms with Gasteiger partial charge in [0.2, 0.25) is 0 Å². The second-order valence-corrected chi connectivity index (χ2v) is 5.16.